The van der Waals surface area contributed by atoms with Gasteiger partial charge in [-0.3, -0.25) is 14.2 Å². The van der Waals surface area contributed by atoms with Crippen molar-refractivity contribution in [2.24, 2.45) is 5.92 Å². The first-order chi connectivity index (χ1) is 14.9. The molecule has 0 spiro atoms. The van der Waals surface area contributed by atoms with Gasteiger partial charge >= 0.3 is 15.6 Å². The van der Waals surface area contributed by atoms with Gasteiger partial charge in [-0.05, 0) is 50.1 Å². The molecule has 0 radical (unpaired) electrons. The van der Waals surface area contributed by atoms with Crippen LogP contribution in [0.2, 0.25) is 0 Å². The van der Waals surface area contributed by atoms with E-state index in [0.29, 0.717) is 6.04 Å². The molecule has 7 nitrogen and oxygen atoms in total. The minimum Gasteiger partial charge on any atom is -0.361 e. The summed E-state index contributed by atoms with van der Waals surface area (Å²) in [5.41, 5.74) is -0.326. The van der Waals surface area contributed by atoms with Crippen molar-refractivity contribution in [2.45, 2.75) is 31.8 Å². The Morgan fingerprint density at radius 1 is 1.28 bits per heavy atom. The molecular weight excluding hydrogens is 447 g/mol. The van der Waals surface area contributed by atoms with Gasteiger partial charge in [0.15, 0.2) is 0 Å². The van der Waals surface area contributed by atoms with E-state index in [0.717, 1.165) is 26.1 Å². The van der Waals surface area contributed by atoms with Crippen molar-refractivity contribution in [2.75, 3.05) is 26.7 Å². The number of H-pyrrole nitrogens is 1. The summed E-state index contributed by atoms with van der Waals surface area (Å²) in [4.78, 5) is 20.6. The van der Waals surface area contributed by atoms with E-state index in [1.165, 1.54) is 27.6 Å². The molecule has 32 heavy (non-hydrogen) atoms. The quantitative estimate of drug-likeness (QED) is 0.527. The van der Waals surface area contributed by atoms with Crippen LogP contribution in [0.15, 0.2) is 30.5 Å². The number of hydrogen-bond acceptors (Lipinski definition) is 4. The first-order valence-corrected chi connectivity index (χ1v) is 11.7. The summed E-state index contributed by atoms with van der Waals surface area (Å²) in [6, 6.07) is 6.82. The highest BCUT2D eigenvalue weighted by Crippen LogP contribution is 2.40. The van der Waals surface area contributed by atoms with E-state index >= 15 is 0 Å². The topological polar surface area (TPSA) is 93.7 Å². The standard InChI is InChI=1S/C20H25N3O.CHF3O3S/c1-4-23(5-2)20(24)14-9-16-15-7-6-8-17-19(15)13(11-21-17)10-18(16)22(3)12-14;2-1(3,4)8(5,6)7/h6-9,11,14,18,21H,4-5,10,12H2,1-3H3;(H,5,6,7)/t14-,18-;/m1./s1. The Morgan fingerprint density at radius 2 is 1.91 bits per heavy atom. The lowest BCUT2D eigenvalue weighted by molar-refractivity contribution is -0.134. The van der Waals surface area contributed by atoms with E-state index in [1.807, 2.05) is 4.90 Å². The zero-order valence-corrected chi connectivity index (χ0v) is 18.8. The van der Waals surface area contributed by atoms with E-state index in [9.17, 15) is 18.0 Å². The molecule has 2 heterocycles. The molecule has 0 unspecified atom stereocenters. The van der Waals surface area contributed by atoms with Crippen LogP contribution < -0.4 is 0 Å². The average molecular weight is 474 g/mol. The molecule has 1 aliphatic heterocycles. The number of aromatic amines is 1. The fraction of sp³-hybridized carbons (Fsp3) is 0.476. The molecule has 0 saturated heterocycles. The van der Waals surface area contributed by atoms with Crippen molar-refractivity contribution in [1.82, 2.24) is 14.8 Å². The number of rotatable bonds is 3. The average Bonchev–Trinajstić information content (AvgIpc) is 3.13. The summed E-state index contributed by atoms with van der Waals surface area (Å²) >= 11 is 0. The molecule has 2 atom stereocenters. The van der Waals surface area contributed by atoms with Crippen LogP contribution in [0.1, 0.15) is 25.0 Å². The minimum atomic E-state index is -5.84. The molecule has 1 aliphatic carbocycles. The number of amides is 1. The Morgan fingerprint density at radius 3 is 2.47 bits per heavy atom. The fourth-order valence-corrected chi connectivity index (χ4v) is 4.38. The predicted molar refractivity (Wildman–Crippen MR) is 115 cm³/mol. The summed E-state index contributed by atoms with van der Waals surface area (Å²) < 4.78 is 57.5. The van der Waals surface area contributed by atoms with Gasteiger partial charge in [-0.2, -0.15) is 21.6 Å². The van der Waals surface area contributed by atoms with E-state index in [2.05, 4.69) is 61.3 Å². The van der Waals surface area contributed by atoms with E-state index in [1.54, 1.807) is 0 Å². The zero-order valence-electron chi connectivity index (χ0n) is 18.0. The minimum absolute atomic E-state index is 0.0445. The molecule has 0 saturated carbocycles. The lowest BCUT2D eigenvalue weighted by atomic mass is 9.79. The highest BCUT2D eigenvalue weighted by atomic mass is 32.2. The molecule has 176 valence electrons. The molecule has 4 rings (SSSR count). The molecular formula is C21H26F3N3O4S. The number of fused-ring (bicyclic) bond motifs is 2. The van der Waals surface area contributed by atoms with Gasteiger partial charge < -0.3 is 9.88 Å². The summed E-state index contributed by atoms with van der Waals surface area (Å²) in [7, 11) is -3.69. The molecule has 0 fully saturated rings. The van der Waals surface area contributed by atoms with E-state index < -0.39 is 15.6 Å². The molecule has 1 aromatic carbocycles. The first kappa shape index (κ1) is 24.3. The Labute approximate surface area is 184 Å². The molecule has 1 amide bonds. The number of aromatic nitrogens is 1. The third-order valence-corrected chi connectivity index (χ3v) is 6.54. The maximum atomic E-state index is 12.9. The Hall–Kier alpha value is -2.37. The molecule has 2 aromatic rings. The van der Waals surface area contributed by atoms with Crippen LogP contribution in [-0.2, 0) is 21.3 Å². The maximum Gasteiger partial charge on any atom is 0.522 e. The number of nitrogens with one attached hydrogen (secondary N) is 1. The van der Waals surface area contributed by atoms with Gasteiger partial charge in [-0.1, -0.05) is 18.2 Å². The highest BCUT2D eigenvalue weighted by Gasteiger charge is 2.44. The predicted octanol–water partition coefficient (Wildman–Crippen LogP) is 3.30. The van der Waals surface area contributed by atoms with Gasteiger partial charge in [0, 0.05) is 42.8 Å². The molecule has 1 aromatic heterocycles. The van der Waals surface area contributed by atoms with Gasteiger partial charge in [-0.25, -0.2) is 0 Å². The van der Waals surface area contributed by atoms with Crippen LogP contribution >= 0.6 is 0 Å². The summed E-state index contributed by atoms with van der Waals surface area (Å²) in [5, 5.41) is 1.34. The zero-order chi connectivity index (χ0) is 23.8. The van der Waals surface area contributed by atoms with Crippen LogP contribution in [0.3, 0.4) is 0 Å². The smallest absolute Gasteiger partial charge is 0.361 e. The van der Waals surface area contributed by atoms with Crippen molar-refractivity contribution < 1.29 is 30.9 Å². The van der Waals surface area contributed by atoms with Crippen LogP contribution in [0.5, 0.6) is 0 Å². The molecule has 2 aliphatic rings. The van der Waals surface area contributed by atoms with Gasteiger partial charge in [0.2, 0.25) is 5.91 Å². The highest BCUT2D eigenvalue weighted by molar-refractivity contribution is 7.86. The molecule has 0 bridgehead atoms. The Kier molecular flexibility index (Phi) is 6.73. The fourth-order valence-electron chi connectivity index (χ4n) is 4.38. The Balaban J connectivity index is 0.000000312. The summed E-state index contributed by atoms with van der Waals surface area (Å²) in [6.45, 7) is 6.47. The lowest BCUT2D eigenvalue weighted by Crippen LogP contribution is -2.47. The van der Waals surface area contributed by atoms with Gasteiger partial charge in [0.25, 0.3) is 0 Å². The second-order valence-corrected chi connectivity index (χ2v) is 9.27. The normalized spacial score (nSPS) is 20.8. The monoisotopic (exact) mass is 473 g/mol. The second kappa shape index (κ2) is 8.87. The third kappa shape index (κ3) is 4.55. The third-order valence-electron chi connectivity index (χ3n) is 5.95. The lowest BCUT2D eigenvalue weighted by Gasteiger charge is -2.40. The van der Waals surface area contributed by atoms with Crippen LogP contribution in [0.4, 0.5) is 13.2 Å². The number of likely N-dealkylation sites (N-methyl/N-ethyl adjacent to an activating group) is 1. The van der Waals surface area contributed by atoms with Gasteiger partial charge in [0.1, 0.15) is 0 Å². The number of benzene rings is 1. The maximum absolute atomic E-state index is 12.9. The van der Waals surface area contributed by atoms with Crippen LogP contribution in [-0.4, -0.2) is 71.9 Å². The van der Waals surface area contributed by atoms with Crippen molar-refractivity contribution >= 4 is 32.5 Å². The van der Waals surface area contributed by atoms with Crippen molar-refractivity contribution in [1.29, 1.82) is 0 Å². The largest absolute Gasteiger partial charge is 0.522 e. The number of carbonyl (C=O) groups is 1. The molecule has 2 N–H and O–H groups in total. The van der Waals surface area contributed by atoms with E-state index in [-0.39, 0.29) is 11.8 Å². The SMILES string of the molecule is CCN(CC)C(=O)[C@@H]1C=C2c3cccc4[nH]cc(c34)C[C@H]2N(C)C1.O=S(=O)(O)C(F)(F)F. The van der Waals surface area contributed by atoms with Gasteiger partial charge in [0.05, 0.1) is 5.92 Å². The first-order valence-electron chi connectivity index (χ1n) is 10.2. The molecule has 11 heteroatoms. The van der Waals surface area contributed by atoms with Crippen molar-refractivity contribution in [3.63, 3.8) is 0 Å². The number of halogens is 3. The van der Waals surface area contributed by atoms with Gasteiger partial charge in [-0.15, -0.1) is 0 Å². The number of hydrogen-bond donors (Lipinski definition) is 2. The van der Waals surface area contributed by atoms with Crippen LogP contribution in [0, 0.1) is 5.92 Å². The summed E-state index contributed by atoms with van der Waals surface area (Å²) in [6.07, 6.45) is 5.41. The van der Waals surface area contributed by atoms with Crippen molar-refractivity contribution in [3.8, 4) is 0 Å². The number of nitrogens with zero attached hydrogens (tertiary/aromatic N) is 2. The Bertz CT molecular complexity index is 1140. The summed E-state index contributed by atoms with van der Waals surface area (Å²) in [5.74, 6) is 0.210. The number of carbonyl (C=O) groups excluding carboxylic acids is 1. The van der Waals surface area contributed by atoms with E-state index in [4.69, 9.17) is 13.0 Å². The van der Waals surface area contributed by atoms with Crippen molar-refractivity contribution in [3.05, 3.63) is 41.6 Å². The van der Waals surface area contributed by atoms with Crippen LogP contribution in [0.25, 0.3) is 16.5 Å². The second-order valence-electron chi connectivity index (χ2n) is 7.86. The number of alkyl halides is 3.